The van der Waals surface area contributed by atoms with E-state index in [1.807, 2.05) is 17.0 Å². The van der Waals surface area contributed by atoms with Crippen LogP contribution in [0.2, 0.25) is 0 Å². The van der Waals surface area contributed by atoms with Gasteiger partial charge in [0.05, 0.1) is 18.4 Å². The predicted molar refractivity (Wildman–Crippen MR) is 105 cm³/mol. The van der Waals surface area contributed by atoms with Gasteiger partial charge in [-0.3, -0.25) is 4.98 Å². The molecule has 1 aromatic rings. The Bertz CT molecular complexity index is 710. The van der Waals surface area contributed by atoms with Crippen LogP contribution < -0.4 is 10.1 Å². The first-order valence-corrected chi connectivity index (χ1v) is 10.2. The van der Waals surface area contributed by atoms with Crippen molar-refractivity contribution < 1.29 is 37.3 Å². The highest BCUT2D eigenvalue weighted by atomic mass is 19.4. The van der Waals surface area contributed by atoms with Gasteiger partial charge in [-0.05, 0) is 31.4 Å². The van der Waals surface area contributed by atoms with Gasteiger partial charge in [-0.2, -0.15) is 13.2 Å². The summed E-state index contributed by atoms with van der Waals surface area (Å²) in [6.07, 6.45) is 3.21. The molecule has 0 saturated carbocycles. The van der Waals surface area contributed by atoms with Crippen molar-refractivity contribution in [1.29, 1.82) is 0 Å². The van der Waals surface area contributed by atoms with Crippen LogP contribution in [0.1, 0.15) is 39.0 Å². The number of halogens is 3. The van der Waals surface area contributed by atoms with Crippen LogP contribution in [0.5, 0.6) is 5.75 Å². The minimum Gasteiger partial charge on any atom is -0.486 e. The van der Waals surface area contributed by atoms with Crippen molar-refractivity contribution in [2.24, 2.45) is 0 Å². The standard InChI is InChI=1S/C18H27N3O3.C2HF3O2/c1-2-3-9-20-17(22)21-10-6-18(7-11-21)12-16(14-23-18)24-15-5-4-8-19-13-15;3-2(4,5)1(6)7/h4-5,8,13,16H,2-3,6-7,9-12,14H2,1H3,(H,20,22);(H,6,7). The summed E-state index contributed by atoms with van der Waals surface area (Å²) in [5, 5.41) is 10.1. The summed E-state index contributed by atoms with van der Waals surface area (Å²) in [5.41, 5.74) is -0.132. The number of carboxylic acid groups (broad SMARTS) is 1. The third-order valence-corrected chi connectivity index (χ3v) is 5.12. The lowest BCUT2D eigenvalue weighted by atomic mass is 9.88. The number of ether oxygens (including phenoxy) is 2. The smallest absolute Gasteiger partial charge is 0.486 e. The number of rotatable bonds is 5. The second-order valence-corrected chi connectivity index (χ2v) is 7.50. The summed E-state index contributed by atoms with van der Waals surface area (Å²) in [6, 6.07) is 3.84. The minimum atomic E-state index is -5.08. The van der Waals surface area contributed by atoms with Gasteiger partial charge in [0.25, 0.3) is 0 Å². The number of likely N-dealkylation sites (tertiary alicyclic amines) is 1. The number of amides is 2. The Balaban J connectivity index is 0.000000423. The first-order valence-electron chi connectivity index (χ1n) is 10.2. The molecule has 3 rings (SSSR count). The topological polar surface area (TPSA) is 101 Å². The Morgan fingerprint density at radius 1 is 1.39 bits per heavy atom. The molecule has 174 valence electrons. The zero-order chi connectivity index (χ0) is 22.9. The number of nitrogens with zero attached hydrogens (tertiary/aromatic N) is 2. The monoisotopic (exact) mass is 447 g/mol. The van der Waals surface area contributed by atoms with Crippen molar-refractivity contribution in [3.05, 3.63) is 24.5 Å². The van der Waals surface area contributed by atoms with Crippen molar-refractivity contribution in [2.75, 3.05) is 26.2 Å². The lowest BCUT2D eigenvalue weighted by Gasteiger charge is -2.38. The van der Waals surface area contributed by atoms with E-state index in [4.69, 9.17) is 19.4 Å². The predicted octanol–water partition coefficient (Wildman–Crippen LogP) is 3.23. The Morgan fingerprint density at radius 3 is 2.61 bits per heavy atom. The highest BCUT2D eigenvalue weighted by molar-refractivity contribution is 5.74. The highest BCUT2D eigenvalue weighted by Crippen LogP contribution is 2.37. The number of urea groups is 1. The molecule has 0 aromatic carbocycles. The van der Waals surface area contributed by atoms with Gasteiger partial charge in [0.1, 0.15) is 11.9 Å². The van der Waals surface area contributed by atoms with Crippen molar-refractivity contribution >= 4 is 12.0 Å². The van der Waals surface area contributed by atoms with E-state index in [-0.39, 0.29) is 17.7 Å². The number of carbonyl (C=O) groups excluding carboxylic acids is 1. The minimum absolute atomic E-state index is 0.0551. The number of hydrogen-bond acceptors (Lipinski definition) is 5. The molecule has 2 aliphatic rings. The number of carbonyl (C=O) groups is 2. The molecule has 11 heteroatoms. The number of aromatic nitrogens is 1. The summed E-state index contributed by atoms with van der Waals surface area (Å²) in [5.74, 6) is -1.97. The van der Waals surface area contributed by atoms with Crippen LogP contribution in [0.3, 0.4) is 0 Å². The maximum absolute atomic E-state index is 12.1. The van der Waals surface area contributed by atoms with E-state index in [0.29, 0.717) is 6.61 Å². The van der Waals surface area contributed by atoms with Gasteiger partial charge in [-0.15, -0.1) is 0 Å². The number of hydrogen-bond donors (Lipinski definition) is 2. The zero-order valence-corrected chi connectivity index (χ0v) is 17.4. The fourth-order valence-electron chi connectivity index (χ4n) is 3.44. The molecule has 3 heterocycles. The molecule has 0 aliphatic carbocycles. The third-order valence-electron chi connectivity index (χ3n) is 5.12. The van der Waals surface area contributed by atoms with Gasteiger partial charge in [0, 0.05) is 32.3 Å². The second kappa shape index (κ2) is 11.2. The van der Waals surface area contributed by atoms with E-state index in [1.165, 1.54) is 0 Å². The zero-order valence-electron chi connectivity index (χ0n) is 17.4. The van der Waals surface area contributed by atoms with Crippen LogP contribution in [0, 0.1) is 0 Å². The van der Waals surface area contributed by atoms with Crippen molar-refractivity contribution in [1.82, 2.24) is 15.2 Å². The number of pyridine rings is 1. The summed E-state index contributed by atoms with van der Waals surface area (Å²) >= 11 is 0. The number of nitrogens with one attached hydrogen (secondary N) is 1. The van der Waals surface area contributed by atoms with Gasteiger partial charge in [-0.1, -0.05) is 13.3 Å². The van der Waals surface area contributed by atoms with Gasteiger partial charge in [-0.25, -0.2) is 9.59 Å². The van der Waals surface area contributed by atoms with Gasteiger partial charge in [0.15, 0.2) is 0 Å². The largest absolute Gasteiger partial charge is 0.490 e. The number of carboxylic acids is 1. The van der Waals surface area contributed by atoms with E-state index in [9.17, 15) is 18.0 Å². The fraction of sp³-hybridized carbons (Fsp3) is 0.650. The summed E-state index contributed by atoms with van der Waals surface area (Å²) < 4.78 is 43.8. The Kier molecular flexibility index (Phi) is 8.90. The molecule has 1 unspecified atom stereocenters. The van der Waals surface area contributed by atoms with Crippen molar-refractivity contribution in [2.45, 2.75) is 56.9 Å². The molecule has 1 atom stereocenters. The fourth-order valence-corrected chi connectivity index (χ4v) is 3.44. The van der Waals surface area contributed by atoms with Crippen molar-refractivity contribution in [3.8, 4) is 5.75 Å². The number of piperidine rings is 1. The van der Waals surface area contributed by atoms with E-state index in [1.54, 1.807) is 12.4 Å². The molecule has 8 nitrogen and oxygen atoms in total. The quantitative estimate of drug-likeness (QED) is 0.673. The molecule has 0 radical (unpaired) electrons. The third kappa shape index (κ3) is 7.89. The average Bonchev–Trinajstić information content (AvgIpc) is 3.11. The molecule has 2 amide bonds. The molecular weight excluding hydrogens is 419 g/mol. The molecule has 31 heavy (non-hydrogen) atoms. The second-order valence-electron chi connectivity index (χ2n) is 7.50. The number of alkyl halides is 3. The normalized spacial score (nSPS) is 20.0. The lowest BCUT2D eigenvalue weighted by Crippen LogP contribution is -2.50. The van der Waals surface area contributed by atoms with E-state index >= 15 is 0 Å². The van der Waals surface area contributed by atoms with E-state index in [0.717, 1.165) is 57.5 Å². The molecule has 0 bridgehead atoms. The number of aliphatic carboxylic acids is 1. The Hall–Kier alpha value is -2.56. The molecule has 2 N–H and O–H groups in total. The summed E-state index contributed by atoms with van der Waals surface area (Å²) in [7, 11) is 0. The van der Waals surface area contributed by atoms with Crippen LogP contribution in [-0.2, 0) is 9.53 Å². The van der Waals surface area contributed by atoms with Gasteiger partial charge in [0.2, 0.25) is 0 Å². The SMILES string of the molecule is CCCCNC(=O)N1CCC2(CC1)CC(Oc1cccnc1)CO2.O=C(O)C(F)(F)F. The van der Waals surface area contributed by atoms with Gasteiger partial charge >= 0.3 is 18.2 Å². The highest BCUT2D eigenvalue weighted by Gasteiger charge is 2.44. The lowest BCUT2D eigenvalue weighted by molar-refractivity contribution is -0.192. The summed E-state index contributed by atoms with van der Waals surface area (Å²) in [4.78, 5) is 27.0. The van der Waals surface area contributed by atoms with E-state index < -0.39 is 12.1 Å². The first-order chi connectivity index (χ1) is 14.6. The molecule has 2 aliphatic heterocycles. The average molecular weight is 447 g/mol. The van der Waals surface area contributed by atoms with Crippen LogP contribution >= 0.6 is 0 Å². The molecule has 1 spiro atoms. The molecule has 2 fully saturated rings. The van der Waals surface area contributed by atoms with Gasteiger partial charge < -0.3 is 24.8 Å². The first kappa shape index (κ1) is 24.7. The van der Waals surface area contributed by atoms with Crippen LogP contribution in [0.25, 0.3) is 0 Å². The van der Waals surface area contributed by atoms with Crippen molar-refractivity contribution in [3.63, 3.8) is 0 Å². The van der Waals surface area contributed by atoms with Crippen LogP contribution in [0.4, 0.5) is 18.0 Å². The maximum Gasteiger partial charge on any atom is 0.490 e. The van der Waals surface area contributed by atoms with E-state index in [2.05, 4.69) is 17.2 Å². The molecule has 2 saturated heterocycles. The van der Waals surface area contributed by atoms with Crippen LogP contribution in [0.15, 0.2) is 24.5 Å². The molecule has 1 aromatic heterocycles. The Labute approximate surface area is 178 Å². The maximum atomic E-state index is 12.1. The number of unbranched alkanes of at least 4 members (excludes halogenated alkanes) is 1. The summed E-state index contributed by atoms with van der Waals surface area (Å²) in [6.45, 7) is 4.99. The van der Waals surface area contributed by atoms with Crippen LogP contribution in [-0.4, -0.2) is 71.1 Å². The molecular formula is C20H28F3N3O5. The Morgan fingerprint density at radius 2 is 2.06 bits per heavy atom.